The van der Waals surface area contributed by atoms with E-state index < -0.39 is 17.9 Å². The fourth-order valence-electron chi connectivity index (χ4n) is 3.03. The van der Waals surface area contributed by atoms with Gasteiger partial charge in [-0.25, -0.2) is 0 Å². The molecular weight excluding hydrogens is 344 g/mol. The second-order valence-electron chi connectivity index (χ2n) is 6.31. The number of ether oxygens (including phenoxy) is 1. The highest BCUT2D eigenvalue weighted by atomic mass is 16.5. The lowest BCUT2D eigenvalue weighted by Gasteiger charge is -2.10. The maximum Gasteiger partial charge on any atom is 0.318 e. The van der Waals surface area contributed by atoms with Crippen molar-refractivity contribution in [2.75, 3.05) is 6.61 Å². The molecule has 0 amide bonds. The lowest BCUT2D eigenvalue weighted by Crippen LogP contribution is -2.25. The lowest BCUT2D eigenvalue weighted by molar-refractivity contribution is -0.154. The van der Waals surface area contributed by atoms with Gasteiger partial charge in [0.05, 0.1) is 6.61 Å². The molecule has 27 heavy (non-hydrogen) atoms. The minimum atomic E-state index is -1.44. The second-order valence-corrected chi connectivity index (χ2v) is 6.31. The molecule has 0 aliphatic rings. The van der Waals surface area contributed by atoms with E-state index in [2.05, 4.69) is 24.3 Å². The van der Waals surface area contributed by atoms with Crippen molar-refractivity contribution in [1.29, 1.82) is 0 Å². The molecule has 2 N–H and O–H groups in total. The Morgan fingerprint density at radius 1 is 0.852 bits per heavy atom. The van der Waals surface area contributed by atoms with Gasteiger partial charge in [-0.15, -0.1) is 0 Å². The maximum absolute atomic E-state index is 11.0. The standard InChI is InChI=1S/C22H20O5/c23-21(24)20(22(25)26)14-15-8-10-18(11-9-15)27-13-12-17-6-3-5-16-4-1-2-7-19(16)17/h1-11,20H,12-14H2,(H,23,24)(H,25,26). The summed E-state index contributed by atoms with van der Waals surface area (Å²) in [6, 6.07) is 21.3. The van der Waals surface area contributed by atoms with Gasteiger partial charge < -0.3 is 14.9 Å². The van der Waals surface area contributed by atoms with E-state index in [0.29, 0.717) is 17.9 Å². The van der Waals surface area contributed by atoms with E-state index in [0.717, 1.165) is 6.42 Å². The van der Waals surface area contributed by atoms with E-state index >= 15 is 0 Å². The number of carboxylic acids is 2. The first-order chi connectivity index (χ1) is 13.0. The van der Waals surface area contributed by atoms with Crippen molar-refractivity contribution in [2.45, 2.75) is 12.8 Å². The Kier molecular flexibility index (Phi) is 5.71. The number of hydrogen-bond acceptors (Lipinski definition) is 3. The summed E-state index contributed by atoms with van der Waals surface area (Å²) < 4.78 is 5.78. The van der Waals surface area contributed by atoms with Crippen LogP contribution in [0.2, 0.25) is 0 Å². The van der Waals surface area contributed by atoms with Crippen LogP contribution in [0.25, 0.3) is 10.8 Å². The van der Waals surface area contributed by atoms with Crippen molar-refractivity contribution < 1.29 is 24.5 Å². The normalized spacial score (nSPS) is 10.9. The number of rotatable bonds is 8. The minimum Gasteiger partial charge on any atom is -0.493 e. The molecule has 0 unspecified atom stereocenters. The maximum atomic E-state index is 11.0. The molecule has 0 spiro atoms. The molecule has 0 saturated heterocycles. The van der Waals surface area contributed by atoms with Crippen LogP contribution < -0.4 is 4.74 Å². The van der Waals surface area contributed by atoms with Crippen LogP contribution in [0, 0.1) is 5.92 Å². The molecule has 0 radical (unpaired) electrons. The highest BCUT2D eigenvalue weighted by Gasteiger charge is 2.25. The molecule has 3 aromatic rings. The van der Waals surface area contributed by atoms with Crippen LogP contribution in [0.4, 0.5) is 0 Å². The van der Waals surface area contributed by atoms with Gasteiger partial charge in [-0.3, -0.25) is 9.59 Å². The number of fused-ring (bicyclic) bond motifs is 1. The third kappa shape index (κ3) is 4.64. The zero-order chi connectivity index (χ0) is 19.2. The summed E-state index contributed by atoms with van der Waals surface area (Å²) in [6.07, 6.45) is 0.712. The van der Waals surface area contributed by atoms with Gasteiger partial charge >= 0.3 is 11.9 Å². The zero-order valence-electron chi connectivity index (χ0n) is 14.7. The van der Waals surface area contributed by atoms with Crippen molar-refractivity contribution in [2.24, 2.45) is 5.92 Å². The van der Waals surface area contributed by atoms with Crippen LogP contribution in [0.1, 0.15) is 11.1 Å². The predicted octanol–water partition coefficient (Wildman–Crippen LogP) is 3.79. The van der Waals surface area contributed by atoms with E-state index in [9.17, 15) is 9.59 Å². The van der Waals surface area contributed by atoms with Crippen LogP contribution in [-0.2, 0) is 22.4 Å². The highest BCUT2D eigenvalue weighted by Crippen LogP contribution is 2.20. The topological polar surface area (TPSA) is 83.8 Å². The van der Waals surface area contributed by atoms with Gasteiger partial charge in [-0.1, -0.05) is 54.6 Å². The molecule has 0 heterocycles. The van der Waals surface area contributed by atoms with Crippen LogP contribution in [0.5, 0.6) is 5.75 Å². The number of carbonyl (C=O) groups is 2. The molecule has 0 aromatic heterocycles. The monoisotopic (exact) mass is 364 g/mol. The van der Waals surface area contributed by atoms with Crippen molar-refractivity contribution in [3.8, 4) is 5.75 Å². The van der Waals surface area contributed by atoms with Crippen LogP contribution >= 0.6 is 0 Å². The molecule has 0 saturated carbocycles. The summed E-state index contributed by atoms with van der Waals surface area (Å²) >= 11 is 0. The van der Waals surface area contributed by atoms with E-state index in [1.165, 1.54) is 16.3 Å². The summed E-state index contributed by atoms with van der Waals surface area (Å²) in [4.78, 5) is 22.0. The van der Waals surface area contributed by atoms with E-state index in [1.807, 2.05) is 18.2 Å². The fourth-order valence-corrected chi connectivity index (χ4v) is 3.03. The van der Waals surface area contributed by atoms with Gasteiger partial charge in [0.15, 0.2) is 5.92 Å². The zero-order valence-corrected chi connectivity index (χ0v) is 14.7. The van der Waals surface area contributed by atoms with Gasteiger partial charge in [0.25, 0.3) is 0 Å². The molecule has 5 heteroatoms. The van der Waals surface area contributed by atoms with Crippen molar-refractivity contribution in [1.82, 2.24) is 0 Å². The molecule has 0 bridgehead atoms. The summed E-state index contributed by atoms with van der Waals surface area (Å²) in [7, 11) is 0. The Morgan fingerprint density at radius 3 is 2.22 bits per heavy atom. The minimum absolute atomic E-state index is 0.0546. The first-order valence-corrected chi connectivity index (χ1v) is 8.68. The molecule has 3 rings (SSSR count). The van der Waals surface area contributed by atoms with Gasteiger partial charge in [-0.05, 0) is 40.5 Å². The SMILES string of the molecule is O=C(O)C(Cc1ccc(OCCc2cccc3ccccc23)cc1)C(=O)O. The van der Waals surface area contributed by atoms with Gasteiger partial charge in [0.1, 0.15) is 5.75 Å². The Labute approximate surface area is 156 Å². The summed E-state index contributed by atoms with van der Waals surface area (Å²) in [5.74, 6) is -3.44. The Hall–Kier alpha value is -3.34. The molecule has 3 aromatic carbocycles. The van der Waals surface area contributed by atoms with E-state index in [1.54, 1.807) is 24.3 Å². The first-order valence-electron chi connectivity index (χ1n) is 8.68. The lowest BCUT2D eigenvalue weighted by atomic mass is 9.99. The Bertz CT molecular complexity index is 927. The molecular formula is C22H20O5. The predicted molar refractivity (Wildman–Crippen MR) is 102 cm³/mol. The Morgan fingerprint density at radius 2 is 1.52 bits per heavy atom. The molecule has 0 fully saturated rings. The van der Waals surface area contributed by atoms with Gasteiger partial charge in [0, 0.05) is 6.42 Å². The quantitative estimate of drug-likeness (QED) is 0.594. The van der Waals surface area contributed by atoms with Crippen molar-refractivity contribution in [3.63, 3.8) is 0 Å². The fraction of sp³-hybridized carbons (Fsp3) is 0.182. The molecule has 0 aliphatic heterocycles. The average molecular weight is 364 g/mol. The summed E-state index contributed by atoms with van der Waals surface area (Å²) in [5, 5.41) is 20.3. The highest BCUT2D eigenvalue weighted by molar-refractivity contribution is 5.93. The molecule has 138 valence electrons. The number of aliphatic carboxylic acids is 2. The first kappa shape index (κ1) is 18.5. The van der Waals surface area contributed by atoms with Crippen molar-refractivity contribution >= 4 is 22.7 Å². The van der Waals surface area contributed by atoms with E-state index in [-0.39, 0.29) is 6.42 Å². The average Bonchev–Trinajstić information content (AvgIpc) is 2.67. The third-order valence-corrected chi connectivity index (χ3v) is 4.48. The summed E-state index contributed by atoms with van der Waals surface area (Å²) in [5.41, 5.74) is 1.86. The summed E-state index contributed by atoms with van der Waals surface area (Å²) in [6.45, 7) is 0.514. The van der Waals surface area contributed by atoms with Gasteiger partial charge in [-0.2, -0.15) is 0 Å². The molecule has 5 nitrogen and oxygen atoms in total. The van der Waals surface area contributed by atoms with Crippen LogP contribution in [0.15, 0.2) is 66.7 Å². The largest absolute Gasteiger partial charge is 0.493 e. The number of hydrogen-bond donors (Lipinski definition) is 2. The molecule has 0 atom stereocenters. The van der Waals surface area contributed by atoms with Gasteiger partial charge in [0.2, 0.25) is 0 Å². The smallest absolute Gasteiger partial charge is 0.318 e. The van der Waals surface area contributed by atoms with Crippen LogP contribution in [-0.4, -0.2) is 28.8 Å². The molecule has 0 aliphatic carbocycles. The number of benzene rings is 3. The van der Waals surface area contributed by atoms with E-state index in [4.69, 9.17) is 14.9 Å². The second kappa shape index (κ2) is 8.36. The Balaban J connectivity index is 1.59. The van der Waals surface area contributed by atoms with Crippen molar-refractivity contribution in [3.05, 3.63) is 77.9 Å². The third-order valence-electron chi connectivity index (χ3n) is 4.48. The van der Waals surface area contributed by atoms with Crippen LogP contribution in [0.3, 0.4) is 0 Å². The number of carboxylic acid groups (broad SMARTS) is 2.